The highest BCUT2D eigenvalue weighted by molar-refractivity contribution is 7.32. The maximum atomic E-state index is 10.2. The second kappa shape index (κ2) is 10.2. The van der Waals surface area contributed by atoms with Crippen molar-refractivity contribution < 1.29 is 18.7 Å². The first kappa shape index (κ1) is 16.0. The first-order valence-electron chi connectivity index (χ1n) is 5.56. The summed E-state index contributed by atoms with van der Waals surface area (Å²) in [6.07, 6.45) is 2.64. The van der Waals surface area contributed by atoms with Crippen LogP contribution < -0.4 is 4.74 Å². The van der Waals surface area contributed by atoms with Gasteiger partial charge < -0.3 is 4.74 Å². The van der Waals surface area contributed by atoms with Gasteiger partial charge in [0.15, 0.2) is 0 Å². The molecule has 1 rings (SSSR count). The van der Waals surface area contributed by atoms with E-state index < -0.39 is 8.25 Å². The molecule has 0 amide bonds. The Hall–Kier alpha value is -0.960. The summed E-state index contributed by atoms with van der Waals surface area (Å²) in [5, 5.41) is 0. The Morgan fingerprint density at radius 3 is 2.41 bits per heavy atom. The van der Waals surface area contributed by atoms with Crippen molar-refractivity contribution in [2.75, 3.05) is 7.11 Å². The van der Waals surface area contributed by atoms with Gasteiger partial charge in [-0.2, -0.15) is 0 Å². The van der Waals surface area contributed by atoms with Gasteiger partial charge in [0.25, 0.3) is 0 Å². The topological polar surface area (TPSA) is 55.8 Å². The van der Waals surface area contributed by atoms with E-state index in [9.17, 15) is 4.57 Å². The monoisotopic (exact) mass is 259 g/mol. The third-order valence-electron chi connectivity index (χ3n) is 1.98. The third kappa shape index (κ3) is 8.81. The van der Waals surface area contributed by atoms with Gasteiger partial charge in [-0.25, -0.2) is 0 Å². The maximum Gasteiger partial charge on any atom is 0.695 e. The van der Waals surface area contributed by atoms with E-state index in [0.717, 1.165) is 5.56 Å². The van der Waals surface area contributed by atoms with Gasteiger partial charge >= 0.3 is 8.25 Å². The fourth-order valence-corrected chi connectivity index (χ4v) is 1.15. The molecule has 0 aliphatic rings. The summed E-state index contributed by atoms with van der Waals surface area (Å²) < 4.78 is 19.7. The Kier molecular flexibility index (Phi) is 9.63. The molecule has 1 aromatic carbocycles. The minimum Gasteiger partial charge on any atom is -0.497 e. The molecular weight excluding hydrogens is 239 g/mol. The van der Waals surface area contributed by atoms with E-state index in [0.29, 0.717) is 5.75 Å². The van der Waals surface area contributed by atoms with Crippen LogP contribution in [0.1, 0.15) is 32.3 Å². The Morgan fingerprint density at radius 2 is 1.94 bits per heavy atom. The van der Waals surface area contributed by atoms with Crippen LogP contribution in [0, 0.1) is 0 Å². The lowest BCUT2D eigenvalue weighted by atomic mass is 10.2. The van der Waals surface area contributed by atoms with E-state index in [1.54, 1.807) is 31.4 Å². The van der Waals surface area contributed by atoms with Crippen LogP contribution in [-0.4, -0.2) is 12.0 Å². The maximum absolute atomic E-state index is 10.2. The smallest absolute Gasteiger partial charge is 0.497 e. The first-order valence-corrected chi connectivity index (χ1v) is 6.69. The van der Waals surface area contributed by atoms with Crippen molar-refractivity contribution in [2.45, 2.75) is 33.3 Å². The molecule has 1 atom stereocenters. The third-order valence-corrected chi connectivity index (χ3v) is 2.33. The quantitative estimate of drug-likeness (QED) is 0.820. The molecule has 0 aliphatic carbocycles. The summed E-state index contributed by atoms with van der Waals surface area (Å²) in [4.78, 5) is 8.40. The van der Waals surface area contributed by atoms with E-state index in [-0.39, 0.29) is 6.61 Å². The molecule has 1 aromatic rings. The molecule has 96 valence electrons. The van der Waals surface area contributed by atoms with Crippen molar-refractivity contribution in [2.24, 2.45) is 0 Å². The molecule has 0 bridgehead atoms. The molecule has 0 saturated heterocycles. The molecule has 0 spiro atoms. The van der Waals surface area contributed by atoms with Gasteiger partial charge in [-0.3, -0.25) is 0 Å². The number of benzene rings is 1. The van der Waals surface area contributed by atoms with Crippen LogP contribution in [0.5, 0.6) is 5.75 Å². The normalized spacial score (nSPS) is 10.2. The number of rotatable bonds is 5. The summed E-state index contributed by atoms with van der Waals surface area (Å²) in [6, 6.07) is 7.13. The SMILES string of the molecule is CCCC.COc1cccc(CO[P+](=O)O)c1. The van der Waals surface area contributed by atoms with Crippen molar-refractivity contribution in [1.82, 2.24) is 0 Å². The Bertz CT molecular complexity index is 326. The zero-order valence-electron chi connectivity index (χ0n) is 10.5. The molecule has 0 aromatic heterocycles. The molecule has 17 heavy (non-hydrogen) atoms. The van der Waals surface area contributed by atoms with Crippen molar-refractivity contribution in [1.29, 1.82) is 0 Å². The van der Waals surface area contributed by atoms with Gasteiger partial charge in [0.1, 0.15) is 12.4 Å². The number of unbranched alkanes of at least 4 members (excludes halogenated alkanes) is 1. The molecule has 1 N–H and O–H groups in total. The molecule has 0 fully saturated rings. The van der Waals surface area contributed by atoms with E-state index in [2.05, 4.69) is 18.4 Å². The van der Waals surface area contributed by atoms with Gasteiger partial charge in [0.05, 0.1) is 7.11 Å². The summed E-state index contributed by atoms with van der Waals surface area (Å²) in [6.45, 7) is 4.48. The van der Waals surface area contributed by atoms with Crippen LogP contribution >= 0.6 is 8.25 Å². The predicted octanol–water partition coefficient (Wildman–Crippen LogP) is 3.67. The Morgan fingerprint density at radius 1 is 1.29 bits per heavy atom. The number of hydrogen-bond acceptors (Lipinski definition) is 3. The van der Waals surface area contributed by atoms with Crippen LogP contribution in [0.4, 0.5) is 0 Å². The van der Waals surface area contributed by atoms with Gasteiger partial charge in [0, 0.05) is 4.57 Å². The van der Waals surface area contributed by atoms with Crippen LogP contribution in [0.15, 0.2) is 24.3 Å². The summed E-state index contributed by atoms with van der Waals surface area (Å²) in [5.41, 5.74) is 0.803. The lowest BCUT2D eigenvalue weighted by Gasteiger charge is -2.00. The molecule has 0 aliphatic heterocycles. The van der Waals surface area contributed by atoms with Crippen LogP contribution in [0.3, 0.4) is 0 Å². The number of ether oxygens (including phenoxy) is 1. The van der Waals surface area contributed by atoms with E-state index >= 15 is 0 Å². The van der Waals surface area contributed by atoms with Crippen LogP contribution in [0.2, 0.25) is 0 Å². The molecule has 1 unspecified atom stereocenters. The molecular formula is C12H20O4P+. The van der Waals surface area contributed by atoms with Crippen molar-refractivity contribution >= 4 is 8.25 Å². The zero-order chi connectivity index (χ0) is 13.1. The highest BCUT2D eigenvalue weighted by atomic mass is 31.1. The van der Waals surface area contributed by atoms with Crippen LogP contribution in [0.25, 0.3) is 0 Å². The second-order valence-corrected chi connectivity index (χ2v) is 4.10. The fourth-order valence-electron chi connectivity index (χ4n) is 0.892. The number of methoxy groups -OCH3 is 1. The molecule has 5 heteroatoms. The van der Waals surface area contributed by atoms with Crippen molar-refractivity contribution in [3.63, 3.8) is 0 Å². The summed E-state index contributed by atoms with van der Waals surface area (Å²) in [5.74, 6) is 0.703. The van der Waals surface area contributed by atoms with Crippen molar-refractivity contribution in [3.8, 4) is 5.75 Å². The first-order chi connectivity index (χ1) is 8.13. The van der Waals surface area contributed by atoms with Gasteiger partial charge in [-0.1, -0.05) is 38.8 Å². The van der Waals surface area contributed by atoms with E-state index in [1.165, 1.54) is 12.8 Å². The van der Waals surface area contributed by atoms with Gasteiger partial charge in [-0.05, 0) is 17.7 Å². The number of hydrogen-bond donors (Lipinski definition) is 1. The minimum atomic E-state index is -2.53. The Balaban J connectivity index is 0.000000557. The fraction of sp³-hybridized carbons (Fsp3) is 0.500. The Labute approximate surface area is 104 Å². The largest absolute Gasteiger partial charge is 0.695 e. The molecule has 4 nitrogen and oxygen atoms in total. The standard InChI is InChI=1S/C8H9O4P.C4H10/c1-11-8-4-2-3-7(5-8)6-12-13(9)10;1-3-4-2/h2-5H,6H2,1H3;3-4H2,1-2H3/p+1. The summed E-state index contributed by atoms with van der Waals surface area (Å²) >= 11 is 0. The zero-order valence-corrected chi connectivity index (χ0v) is 11.4. The van der Waals surface area contributed by atoms with E-state index in [4.69, 9.17) is 9.63 Å². The van der Waals surface area contributed by atoms with Crippen LogP contribution in [-0.2, 0) is 15.7 Å². The van der Waals surface area contributed by atoms with Gasteiger partial charge in [-0.15, -0.1) is 9.42 Å². The second-order valence-electron chi connectivity index (χ2n) is 3.36. The summed E-state index contributed by atoms with van der Waals surface area (Å²) in [7, 11) is -0.967. The molecule has 0 saturated carbocycles. The highest BCUT2D eigenvalue weighted by Gasteiger charge is 2.11. The predicted molar refractivity (Wildman–Crippen MR) is 68.2 cm³/mol. The lowest BCUT2D eigenvalue weighted by molar-refractivity contribution is 0.272. The minimum absolute atomic E-state index is 0.114. The van der Waals surface area contributed by atoms with E-state index in [1.807, 2.05) is 0 Å². The molecule has 0 radical (unpaired) electrons. The molecule has 0 heterocycles. The average molecular weight is 259 g/mol. The van der Waals surface area contributed by atoms with Gasteiger partial charge in [0.2, 0.25) is 0 Å². The average Bonchev–Trinajstić information content (AvgIpc) is 2.37. The highest BCUT2D eigenvalue weighted by Crippen LogP contribution is 2.20. The lowest BCUT2D eigenvalue weighted by Crippen LogP contribution is -1.88. The van der Waals surface area contributed by atoms with Crippen molar-refractivity contribution in [3.05, 3.63) is 29.8 Å².